The average molecular weight is 435 g/mol. The molecule has 0 fully saturated rings. The number of amides is 3. The van der Waals surface area contributed by atoms with Crippen LogP contribution < -0.4 is 16.0 Å². The molecule has 8 heteroatoms. The standard InChI is InChI=1S/C23H22N4O3S/c1-14(28)24-16-10-12-17(13-11-16)25-22(30)18-8-5-9-19-20(18)26-23(31-19)27-21(29)15-6-3-2-4-7-15/h2-4,6-7,10-13,18H,5,8-9H2,1H3,(H,24,28)(H,25,30)(H,26,27,29)/t18-/m0/s1. The number of hydrogen-bond donors (Lipinski definition) is 3. The number of nitrogens with zero attached hydrogens (tertiary/aromatic N) is 1. The molecule has 2 aromatic carbocycles. The Balaban J connectivity index is 1.46. The molecule has 0 unspecified atom stereocenters. The fraction of sp³-hybridized carbons (Fsp3) is 0.217. The van der Waals surface area contributed by atoms with Crippen molar-refractivity contribution in [2.75, 3.05) is 16.0 Å². The van der Waals surface area contributed by atoms with E-state index in [-0.39, 0.29) is 23.6 Å². The van der Waals surface area contributed by atoms with Gasteiger partial charge in [0.1, 0.15) is 0 Å². The quantitative estimate of drug-likeness (QED) is 0.554. The van der Waals surface area contributed by atoms with Gasteiger partial charge in [0, 0.05) is 28.7 Å². The predicted octanol–water partition coefficient (Wildman–Crippen LogP) is 4.41. The highest BCUT2D eigenvalue weighted by atomic mass is 32.1. The number of rotatable bonds is 5. The molecular formula is C23H22N4O3S. The lowest BCUT2D eigenvalue weighted by Crippen LogP contribution is -2.24. The summed E-state index contributed by atoms with van der Waals surface area (Å²) < 4.78 is 0. The third kappa shape index (κ3) is 4.97. The van der Waals surface area contributed by atoms with Crippen LogP contribution in [0.3, 0.4) is 0 Å². The van der Waals surface area contributed by atoms with Gasteiger partial charge in [-0.1, -0.05) is 18.2 Å². The van der Waals surface area contributed by atoms with Crippen molar-refractivity contribution in [2.24, 2.45) is 0 Å². The van der Waals surface area contributed by atoms with Crippen molar-refractivity contribution < 1.29 is 14.4 Å². The van der Waals surface area contributed by atoms with Gasteiger partial charge >= 0.3 is 0 Å². The second-order valence-electron chi connectivity index (χ2n) is 7.34. The summed E-state index contributed by atoms with van der Waals surface area (Å²) in [6.07, 6.45) is 2.45. The molecule has 0 spiro atoms. The third-order valence-electron chi connectivity index (χ3n) is 5.00. The number of hydrogen-bond acceptors (Lipinski definition) is 5. The lowest BCUT2D eigenvalue weighted by Gasteiger charge is -2.20. The number of carbonyl (C=O) groups excluding carboxylic acids is 3. The fourth-order valence-electron chi connectivity index (χ4n) is 3.56. The number of anilines is 3. The van der Waals surface area contributed by atoms with Crippen LogP contribution in [0.1, 0.15) is 46.6 Å². The van der Waals surface area contributed by atoms with Crippen LogP contribution in [0, 0.1) is 0 Å². The number of aromatic nitrogens is 1. The van der Waals surface area contributed by atoms with Gasteiger partial charge in [0.25, 0.3) is 5.91 Å². The van der Waals surface area contributed by atoms with Crippen LogP contribution in [0.5, 0.6) is 0 Å². The smallest absolute Gasteiger partial charge is 0.257 e. The van der Waals surface area contributed by atoms with Crippen molar-refractivity contribution in [3.63, 3.8) is 0 Å². The molecule has 1 aliphatic rings. The molecule has 158 valence electrons. The largest absolute Gasteiger partial charge is 0.326 e. The molecule has 0 radical (unpaired) electrons. The Kier molecular flexibility index (Phi) is 6.08. The van der Waals surface area contributed by atoms with Crippen LogP contribution in [-0.2, 0) is 16.0 Å². The van der Waals surface area contributed by atoms with Gasteiger partial charge in [-0.15, -0.1) is 11.3 Å². The molecule has 31 heavy (non-hydrogen) atoms. The lowest BCUT2D eigenvalue weighted by molar-refractivity contribution is -0.118. The van der Waals surface area contributed by atoms with E-state index in [4.69, 9.17) is 0 Å². The van der Waals surface area contributed by atoms with E-state index in [1.165, 1.54) is 18.3 Å². The van der Waals surface area contributed by atoms with Crippen molar-refractivity contribution in [3.05, 3.63) is 70.7 Å². The van der Waals surface area contributed by atoms with E-state index in [1.807, 2.05) is 18.2 Å². The monoisotopic (exact) mass is 434 g/mol. The first-order valence-corrected chi connectivity index (χ1v) is 10.9. The predicted molar refractivity (Wildman–Crippen MR) is 122 cm³/mol. The summed E-state index contributed by atoms with van der Waals surface area (Å²) in [7, 11) is 0. The average Bonchev–Trinajstić information content (AvgIpc) is 3.17. The highest BCUT2D eigenvalue weighted by molar-refractivity contribution is 7.16. The zero-order valence-electron chi connectivity index (χ0n) is 17.0. The molecule has 4 rings (SSSR count). The molecule has 0 saturated carbocycles. The maximum atomic E-state index is 12.9. The SMILES string of the molecule is CC(=O)Nc1ccc(NC(=O)[C@H]2CCCc3sc(NC(=O)c4ccccc4)nc32)cc1. The molecule has 1 atom stereocenters. The maximum absolute atomic E-state index is 12.9. The van der Waals surface area contributed by atoms with Gasteiger partial charge in [0.05, 0.1) is 11.6 Å². The minimum atomic E-state index is -0.364. The van der Waals surface area contributed by atoms with E-state index < -0.39 is 0 Å². The third-order valence-corrected chi connectivity index (χ3v) is 6.05. The molecular weight excluding hydrogens is 412 g/mol. The Hall–Kier alpha value is -3.52. The topological polar surface area (TPSA) is 100 Å². The summed E-state index contributed by atoms with van der Waals surface area (Å²) in [6, 6.07) is 15.9. The Morgan fingerprint density at radius 2 is 1.61 bits per heavy atom. The van der Waals surface area contributed by atoms with Gasteiger partial charge in [-0.3, -0.25) is 19.7 Å². The Morgan fingerprint density at radius 1 is 0.935 bits per heavy atom. The number of benzene rings is 2. The normalized spacial score (nSPS) is 14.9. The van der Waals surface area contributed by atoms with Gasteiger partial charge < -0.3 is 10.6 Å². The van der Waals surface area contributed by atoms with E-state index in [9.17, 15) is 14.4 Å². The van der Waals surface area contributed by atoms with E-state index in [1.54, 1.807) is 36.4 Å². The summed E-state index contributed by atoms with van der Waals surface area (Å²) >= 11 is 1.43. The van der Waals surface area contributed by atoms with E-state index >= 15 is 0 Å². The lowest BCUT2D eigenvalue weighted by atomic mass is 9.90. The van der Waals surface area contributed by atoms with Crippen molar-refractivity contribution >= 4 is 45.6 Å². The molecule has 0 aliphatic heterocycles. The summed E-state index contributed by atoms with van der Waals surface area (Å²) in [6.45, 7) is 1.45. The highest BCUT2D eigenvalue weighted by Crippen LogP contribution is 2.37. The zero-order valence-corrected chi connectivity index (χ0v) is 17.8. The van der Waals surface area contributed by atoms with Gasteiger partial charge in [-0.2, -0.15) is 0 Å². The molecule has 7 nitrogen and oxygen atoms in total. The van der Waals surface area contributed by atoms with Crippen LogP contribution in [0.4, 0.5) is 16.5 Å². The van der Waals surface area contributed by atoms with Gasteiger partial charge in [-0.05, 0) is 55.7 Å². The number of thiazole rings is 1. The number of carbonyl (C=O) groups is 3. The van der Waals surface area contributed by atoms with Crippen molar-refractivity contribution in [3.8, 4) is 0 Å². The molecule has 3 amide bonds. The van der Waals surface area contributed by atoms with Gasteiger partial charge in [0.15, 0.2) is 5.13 Å². The molecule has 3 aromatic rings. The number of nitrogens with one attached hydrogen (secondary N) is 3. The minimum absolute atomic E-state index is 0.125. The van der Waals surface area contributed by atoms with Crippen LogP contribution in [-0.4, -0.2) is 22.7 Å². The van der Waals surface area contributed by atoms with E-state index in [2.05, 4.69) is 20.9 Å². The Labute approximate surface area is 183 Å². The van der Waals surface area contributed by atoms with Gasteiger partial charge in [-0.25, -0.2) is 4.98 Å². The van der Waals surface area contributed by atoms with Gasteiger partial charge in [0.2, 0.25) is 11.8 Å². The zero-order chi connectivity index (χ0) is 21.8. The van der Waals surface area contributed by atoms with E-state index in [0.717, 1.165) is 23.4 Å². The first-order chi connectivity index (χ1) is 15.0. The van der Waals surface area contributed by atoms with Crippen LogP contribution in [0.2, 0.25) is 0 Å². The van der Waals surface area contributed by atoms with Crippen LogP contribution in [0.25, 0.3) is 0 Å². The van der Waals surface area contributed by atoms with Crippen molar-refractivity contribution in [2.45, 2.75) is 32.1 Å². The van der Waals surface area contributed by atoms with Crippen LogP contribution in [0.15, 0.2) is 54.6 Å². The number of aryl methyl sites for hydroxylation is 1. The Morgan fingerprint density at radius 3 is 2.29 bits per heavy atom. The summed E-state index contributed by atoms with van der Waals surface area (Å²) in [5, 5.41) is 8.99. The summed E-state index contributed by atoms with van der Waals surface area (Å²) in [4.78, 5) is 42.1. The molecule has 0 bridgehead atoms. The second kappa shape index (κ2) is 9.09. The van der Waals surface area contributed by atoms with Crippen LogP contribution >= 0.6 is 11.3 Å². The molecule has 0 saturated heterocycles. The molecule has 1 aliphatic carbocycles. The maximum Gasteiger partial charge on any atom is 0.257 e. The fourth-order valence-corrected chi connectivity index (χ4v) is 4.62. The summed E-state index contributed by atoms with van der Waals surface area (Å²) in [5.74, 6) is -0.853. The number of fused-ring (bicyclic) bond motifs is 1. The molecule has 1 heterocycles. The first-order valence-electron chi connectivity index (χ1n) is 10.0. The Bertz CT molecular complexity index is 1110. The second-order valence-corrected chi connectivity index (χ2v) is 8.42. The van der Waals surface area contributed by atoms with Crippen molar-refractivity contribution in [1.29, 1.82) is 0 Å². The minimum Gasteiger partial charge on any atom is -0.326 e. The molecule has 1 aromatic heterocycles. The highest BCUT2D eigenvalue weighted by Gasteiger charge is 2.30. The first kappa shape index (κ1) is 20.7. The van der Waals surface area contributed by atoms with Crippen molar-refractivity contribution in [1.82, 2.24) is 4.98 Å². The van der Waals surface area contributed by atoms with E-state index in [0.29, 0.717) is 28.5 Å². The summed E-state index contributed by atoms with van der Waals surface area (Å²) in [5.41, 5.74) is 2.63. The molecule has 3 N–H and O–H groups in total.